The first-order valence-electron chi connectivity index (χ1n) is 10.0. The molecule has 5 nitrogen and oxygen atoms in total. The summed E-state index contributed by atoms with van der Waals surface area (Å²) in [7, 11) is 0. The van der Waals surface area contributed by atoms with Gasteiger partial charge in [-0.1, -0.05) is 71.9 Å². The lowest BCUT2D eigenvalue weighted by Crippen LogP contribution is -2.09. The molecule has 0 fully saturated rings. The summed E-state index contributed by atoms with van der Waals surface area (Å²) < 4.78 is 46.8. The van der Waals surface area contributed by atoms with Crippen LogP contribution in [0.3, 0.4) is 0 Å². The van der Waals surface area contributed by atoms with E-state index < -0.39 is 17.7 Å². The second kappa shape index (κ2) is 10.3. The Morgan fingerprint density at radius 2 is 1.74 bits per heavy atom. The highest BCUT2D eigenvalue weighted by molar-refractivity contribution is 7.99. The van der Waals surface area contributed by atoms with Crippen molar-refractivity contribution in [1.82, 2.24) is 14.8 Å². The van der Waals surface area contributed by atoms with Crippen LogP contribution < -0.4 is 0 Å². The van der Waals surface area contributed by atoms with E-state index in [1.165, 1.54) is 16.7 Å². The molecule has 4 rings (SSSR count). The smallest absolute Gasteiger partial charge is 0.416 e. The number of carbonyl (C=O) groups is 1. The number of carbonyl (C=O) groups excluding carboxylic acids is 1. The van der Waals surface area contributed by atoms with Crippen LogP contribution in [0.25, 0.3) is 17.1 Å². The number of alkyl halides is 3. The molecule has 0 saturated heterocycles. The highest BCUT2D eigenvalue weighted by Crippen LogP contribution is 2.33. The fraction of sp³-hybridized carbons (Fsp3) is 0.125. The summed E-state index contributed by atoms with van der Waals surface area (Å²) in [5.41, 5.74) is 0.802. The van der Waals surface area contributed by atoms with Gasteiger partial charge in [0.1, 0.15) is 6.61 Å². The lowest BCUT2D eigenvalue weighted by atomic mass is 10.1. The van der Waals surface area contributed by atoms with E-state index in [9.17, 15) is 18.0 Å². The zero-order chi connectivity index (χ0) is 24.1. The minimum Gasteiger partial charge on any atom is -0.460 e. The second-order valence-corrected chi connectivity index (χ2v) is 8.51. The maximum atomic E-state index is 13.3. The Bertz CT molecular complexity index is 1300. The molecule has 0 bridgehead atoms. The molecule has 1 heterocycles. The lowest BCUT2D eigenvalue weighted by molar-refractivity contribution is -0.141. The minimum atomic E-state index is -4.52. The van der Waals surface area contributed by atoms with E-state index in [0.29, 0.717) is 16.4 Å². The third-order valence-corrected chi connectivity index (χ3v) is 5.85. The van der Waals surface area contributed by atoms with Crippen LogP contribution in [0.5, 0.6) is 0 Å². The van der Waals surface area contributed by atoms with Crippen molar-refractivity contribution in [2.45, 2.75) is 17.9 Å². The predicted octanol–water partition coefficient (Wildman–Crippen LogP) is 6.44. The lowest BCUT2D eigenvalue weighted by Gasteiger charge is -2.13. The molecule has 0 saturated carbocycles. The van der Waals surface area contributed by atoms with E-state index in [1.54, 1.807) is 24.3 Å². The number of halogens is 4. The van der Waals surface area contributed by atoms with Gasteiger partial charge in [-0.2, -0.15) is 13.2 Å². The highest BCUT2D eigenvalue weighted by Gasteiger charge is 2.31. The SMILES string of the molecule is O=C(CSc1nnc(-c2cccc(Cl)c2)n1-c1cccc(C(F)(F)F)c1)OCc1ccccc1. The molecule has 0 spiro atoms. The van der Waals surface area contributed by atoms with Crippen LogP contribution >= 0.6 is 23.4 Å². The number of benzene rings is 3. The highest BCUT2D eigenvalue weighted by atomic mass is 35.5. The van der Waals surface area contributed by atoms with Crippen LogP contribution in [0, 0.1) is 0 Å². The van der Waals surface area contributed by atoms with Gasteiger partial charge in [0.25, 0.3) is 0 Å². The fourth-order valence-corrected chi connectivity index (χ4v) is 4.08. The zero-order valence-corrected chi connectivity index (χ0v) is 19.1. The van der Waals surface area contributed by atoms with Crippen molar-refractivity contribution >= 4 is 29.3 Å². The van der Waals surface area contributed by atoms with E-state index in [1.807, 2.05) is 30.3 Å². The minimum absolute atomic E-state index is 0.0977. The van der Waals surface area contributed by atoms with Gasteiger partial charge in [-0.05, 0) is 35.9 Å². The average Bonchev–Trinajstić information content (AvgIpc) is 3.26. The molecular weight excluding hydrogens is 487 g/mol. The maximum absolute atomic E-state index is 13.3. The molecule has 174 valence electrons. The van der Waals surface area contributed by atoms with Crippen LogP contribution in [-0.2, 0) is 22.3 Å². The number of esters is 1. The van der Waals surface area contributed by atoms with Crippen molar-refractivity contribution < 1.29 is 22.7 Å². The maximum Gasteiger partial charge on any atom is 0.416 e. The quantitative estimate of drug-likeness (QED) is 0.214. The molecule has 10 heteroatoms. The molecule has 0 atom stereocenters. The van der Waals surface area contributed by atoms with Crippen molar-refractivity contribution in [3.05, 3.63) is 95.0 Å². The van der Waals surface area contributed by atoms with Crippen LogP contribution in [-0.4, -0.2) is 26.5 Å². The molecule has 0 aliphatic heterocycles. The normalized spacial score (nSPS) is 11.4. The largest absolute Gasteiger partial charge is 0.460 e. The van der Waals surface area contributed by atoms with Crippen molar-refractivity contribution in [2.75, 3.05) is 5.75 Å². The third-order valence-electron chi connectivity index (χ3n) is 4.71. The molecule has 0 radical (unpaired) electrons. The summed E-state index contributed by atoms with van der Waals surface area (Å²) in [4.78, 5) is 12.3. The van der Waals surface area contributed by atoms with Gasteiger partial charge in [0.05, 0.1) is 17.0 Å². The number of ether oxygens (including phenoxy) is 1. The molecule has 0 aliphatic carbocycles. The third kappa shape index (κ3) is 5.78. The molecule has 34 heavy (non-hydrogen) atoms. The number of aromatic nitrogens is 3. The molecule has 0 amide bonds. The summed E-state index contributed by atoms with van der Waals surface area (Å²) >= 11 is 7.12. The van der Waals surface area contributed by atoms with Crippen LogP contribution in [0.4, 0.5) is 13.2 Å². The number of hydrogen-bond donors (Lipinski definition) is 0. The first-order chi connectivity index (χ1) is 16.3. The molecule has 0 N–H and O–H groups in total. The monoisotopic (exact) mass is 503 g/mol. The first kappa shape index (κ1) is 23.8. The Labute approximate surface area is 202 Å². The first-order valence-corrected chi connectivity index (χ1v) is 11.4. The van der Waals surface area contributed by atoms with Crippen molar-refractivity contribution in [3.63, 3.8) is 0 Å². The van der Waals surface area contributed by atoms with Gasteiger partial charge >= 0.3 is 12.1 Å². The van der Waals surface area contributed by atoms with E-state index in [0.717, 1.165) is 29.5 Å². The Hall–Kier alpha value is -3.30. The predicted molar refractivity (Wildman–Crippen MR) is 124 cm³/mol. The van der Waals surface area contributed by atoms with Gasteiger partial charge < -0.3 is 4.74 Å². The Kier molecular flexibility index (Phi) is 7.23. The number of hydrogen-bond acceptors (Lipinski definition) is 5. The van der Waals surface area contributed by atoms with Crippen LogP contribution in [0.1, 0.15) is 11.1 Å². The van der Waals surface area contributed by atoms with Crippen molar-refractivity contribution in [1.29, 1.82) is 0 Å². The van der Waals surface area contributed by atoms with Gasteiger partial charge in [-0.15, -0.1) is 10.2 Å². The summed E-state index contributed by atoms with van der Waals surface area (Å²) in [6.07, 6.45) is -4.52. The Balaban J connectivity index is 1.62. The Morgan fingerprint density at radius 1 is 0.971 bits per heavy atom. The number of nitrogens with zero attached hydrogens (tertiary/aromatic N) is 3. The van der Waals surface area contributed by atoms with E-state index in [-0.39, 0.29) is 23.2 Å². The van der Waals surface area contributed by atoms with E-state index in [4.69, 9.17) is 16.3 Å². The van der Waals surface area contributed by atoms with Gasteiger partial charge in [-0.3, -0.25) is 9.36 Å². The topological polar surface area (TPSA) is 57.0 Å². The Morgan fingerprint density at radius 3 is 2.47 bits per heavy atom. The summed E-state index contributed by atoms with van der Waals surface area (Å²) in [5.74, 6) is -0.293. The molecule has 1 aromatic heterocycles. The molecular formula is C24H17ClF3N3O2S. The molecule has 0 unspecified atom stereocenters. The van der Waals surface area contributed by atoms with Gasteiger partial charge in [-0.25, -0.2) is 0 Å². The van der Waals surface area contributed by atoms with E-state index >= 15 is 0 Å². The van der Waals surface area contributed by atoms with Gasteiger partial charge in [0, 0.05) is 10.6 Å². The summed E-state index contributed by atoms with van der Waals surface area (Å²) in [6.45, 7) is 0.119. The van der Waals surface area contributed by atoms with Crippen LogP contribution in [0.15, 0.2) is 84.0 Å². The molecule has 3 aromatic carbocycles. The van der Waals surface area contributed by atoms with Gasteiger partial charge in [0.15, 0.2) is 11.0 Å². The standard InChI is InChI=1S/C24H17ClF3N3O2S/c25-19-10-4-8-17(12-19)22-29-30-23(31(22)20-11-5-9-18(13-20)24(26,27)28)34-15-21(32)33-14-16-6-2-1-3-7-16/h1-13H,14-15H2. The average molecular weight is 504 g/mol. The van der Waals surface area contributed by atoms with Crippen molar-refractivity contribution in [2.24, 2.45) is 0 Å². The molecule has 4 aromatic rings. The fourth-order valence-electron chi connectivity index (χ4n) is 3.14. The number of rotatable bonds is 7. The number of thioether (sulfide) groups is 1. The van der Waals surface area contributed by atoms with Gasteiger partial charge in [0.2, 0.25) is 0 Å². The summed E-state index contributed by atoms with van der Waals surface area (Å²) in [6, 6.07) is 20.8. The van der Waals surface area contributed by atoms with Crippen molar-refractivity contribution in [3.8, 4) is 17.1 Å². The van der Waals surface area contributed by atoms with Crippen LogP contribution in [0.2, 0.25) is 5.02 Å². The zero-order valence-electron chi connectivity index (χ0n) is 17.5. The second-order valence-electron chi connectivity index (χ2n) is 7.13. The van der Waals surface area contributed by atoms with E-state index in [2.05, 4.69) is 10.2 Å². The summed E-state index contributed by atoms with van der Waals surface area (Å²) in [5, 5.41) is 8.97. The molecule has 0 aliphatic rings.